The topological polar surface area (TPSA) is 238 Å². The van der Waals surface area contributed by atoms with E-state index in [1.165, 1.54) is 17.2 Å². The number of benzene rings is 1. The van der Waals surface area contributed by atoms with Crippen LogP contribution in [0.15, 0.2) is 47.0 Å². The van der Waals surface area contributed by atoms with Crippen LogP contribution in [0.3, 0.4) is 0 Å². The minimum absolute atomic E-state index is 0.0799. The highest BCUT2D eigenvalue weighted by atomic mass is 31.2. The number of phosphoric ester groups is 1. The van der Waals surface area contributed by atoms with Crippen molar-refractivity contribution in [3.63, 3.8) is 0 Å². The van der Waals surface area contributed by atoms with E-state index < -0.39 is 20.5 Å². The molecule has 0 saturated carbocycles. The van der Waals surface area contributed by atoms with Crippen molar-refractivity contribution in [1.29, 1.82) is 0 Å². The highest BCUT2D eigenvalue weighted by Crippen LogP contribution is 2.38. The molecule has 0 unspecified atom stereocenters. The second-order valence-corrected chi connectivity index (χ2v) is 10.9. The number of phosphoric acid groups is 1. The van der Waals surface area contributed by atoms with E-state index in [1.54, 1.807) is 26.1 Å². The van der Waals surface area contributed by atoms with E-state index in [4.69, 9.17) is 35.9 Å². The number of pyridine rings is 1. The Balaban J connectivity index is 0.000000754. The molecule has 16 heteroatoms. The van der Waals surface area contributed by atoms with E-state index >= 15 is 0 Å². The molecular weight excluding hydrogens is 595 g/mol. The molecule has 4 rings (SSSR count). The van der Waals surface area contributed by atoms with Gasteiger partial charge < -0.3 is 46.1 Å². The largest absolute Gasteiger partial charge is 0.471 e. The Bertz CT molecular complexity index is 1450. The summed E-state index contributed by atoms with van der Waals surface area (Å²) in [7, 11) is -3.10. The summed E-state index contributed by atoms with van der Waals surface area (Å²) in [4.78, 5) is 50.2. The number of likely N-dealkylation sites (N-methyl/N-ethyl adjacent to an activating group) is 1. The lowest BCUT2D eigenvalue weighted by Gasteiger charge is -2.21. The van der Waals surface area contributed by atoms with E-state index in [0.29, 0.717) is 36.6 Å². The van der Waals surface area contributed by atoms with Gasteiger partial charge in [0.25, 0.3) is 0 Å². The van der Waals surface area contributed by atoms with Crippen molar-refractivity contribution in [1.82, 2.24) is 9.88 Å². The van der Waals surface area contributed by atoms with Crippen molar-refractivity contribution < 1.29 is 43.1 Å². The normalized spacial score (nSPS) is 14.6. The van der Waals surface area contributed by atoms with Crippen molar-refractivity contribution >= 4 is 48.2 Å². The molecule has 0 aliphatic carbocycles. The fourth-order valence-electron chi connectivity index (χ4n) is 3.92. The Morgan fingerprint density at radius 1 is 1.25 bits per heavy atom. The monoisotopic (exact) mass is 636 g/mol. The molecule has 15 nitrogen and oxygen atoms in total. The van der Waals surface area contributed by atoms with Gasteiger partial charge in [0.05, 0.1) is 25.4 Å². The molecule has 0 saturated heterocycles. The summed E-state index contributed by atoms with van der Waals surface area (Å²) in [5.41, 5.74) is 12.4. The number of aryl methyl sites for hydroxylation is 1. The smallest absolute Gasteiger partial charge is 0.459 e. The Kier molecular flexibility index (Phi) is 14.6. The van der Waals surface area contributed by atoms with Crippen LogP contribution >= 0.6 is 7.82 Å². The van der Waals surface area contributed by atoms with Gasteiger partial charge in [-0.15, -0.1) is 0 Å². The number of aliphatic hydroxyl groups excluding tert-OH is 2. The third-order valence-corrected chi connectivity index (χ3v) is 6.51. The Hall–Kier alpha value is -3.66. The molecule has 9 N–H and O–H groups in total. The van der Waals surface area contributed by atoms with Gasteiger partial charge in [-0.2, -0.15) is 0 Å². The lowest BCUT2D eigenvalue weighted by Crippen LogP contribution is -2.33. The molecule has 1 aliphatic heterocycles. The minimum Gasteiger partial charge on any atom is -0.459 e. The number of carbonyl (C=O) groups is 2. The molecule has 242 valence electrons. The van der Waals surface area contributed by atoms with Crippen LogP contribution in [0.4, 0.5) is 11.5 Å². The number of rotatable bonds is 9. The predicted molar refractivity (Wildman–Crippen MR) is 166 cm³/mol. The SMILES string of the molecule is Cc1c(CN(C)C(=O)/C=C/c2cnc3c(c2)N[C@H](C)CC(=O)N3COP(=O)(O)O)oc2ccccc12.NCCO.NCCO. The average Bonchev–Trinajstić information content (AvgIpc) is 3.24. The molecule has 1 aromatic carbocycles. The summed E-state index contributed by atoms with van der Waals surface area (Å²) >= 11 is 0. The standard InChI is InChI=1S/C24H27N4O7P.2C2H7NO/c1-15-10-23(30)28(14-34-36(31,32)33)24-19(26-15)11-17(12-25-24)8-9-22(29)27(3)13-21-16(2)18-6-4-5-7-20(18)35-21;2*3-1-2-4/h4-9,11-12,15,26H,10,13-14H2,1-3H3,(H2,31,32,33);2*4H,1-3H2/b9-8+;;/t15-;;/m1../s1. The lowest BCUT2D eigenvalue weighted by atomic mass is 10.1. The van der Waals surface area contributed by atoms with Gasteiger partial charge in [-0.05, 0) is 37.6 Å². The first kappa shape index (κ1) is 36.5. The summed E-state index contributed by atoms with van der Waals surface area (Å²) < 4.78 is 21.6. The van der Waals surface area contributed by atoms with Crippen LogP contribution in [0.5, 0.6) is 0 Å². The van der Waals surface area contributed by atoms with E-state index in [0.717, 1.165) is 21.4 Å². The summed E-state index contributed by atoms with van der Waals surface area (Å²) in [6.07, 6.45) is 4.56. The Morgan fingerprint density at radius 2 is 1.89 bits per heavy atom. The molecule has 0 fully saturated rings. The fourth-order valence-corrected chi connectivity index (χ4v) is 4.19. The number of amides is 2. The van der Waals surface area contributed by atoms with Gasteiger partial charge >= 0.3 is 7.82 Å². The lowest BCUT2D eigenvalue weighted by molar-refractivity contribution is -0.125. The van der Waals surface area contributed by atoms with Crippen molar-refractivity contribution in [2.45, 2.75) is 32.9 Å². The van der Waals surface area contributed by atoms with Crippen LogP contribution in [-0.4, -0.2) is 87.8 Å². The molecule has 2 aromatic heterocycles. The molecule has 0 spiro atoms. The van der Waals surface area contributed by atoms with Crippen LogP contribution in [-0.2, 0) is 25.2 Å². The summed E-state index contributed by atoms with van der Waals surface area (Å²) in [6.45, 7) is 4.37. The number of hydrogen-bond donors (Lipinski definition) is 7. The zero-order valence-electron chi connectivity index (χ0n) is 24.9. The van der Waals surface area contributed by atoms with Crippen molar-refractivity contribution in [3.8, 4) is 0 Å². The van der Waals surface area contributed by atoms with Gasteiger partial charge in [0.15, 0.2) is 5.82 Å². The van der Waals surface area contributed by atoms with E-state index in [9.17, 15) is 14.2 Å². The summed E-state index contributed by atoms with van der Waals surface area (Å²) in [5.74, 6) is 0.264. The van der Waals surface area contributed by atoms with Gasteiger partial charge in [-0.1, -0.05) is 18.2 Å². The minimum atomic E-state index is -4.78. The number of carbonyl (C=O) groups excluding carboxylic acids is 2. The second kappa shape index (κ2) is 17.6. The molecule has 3 heterocycles. The zero-order chi connectivity index (χ0) is 32.9. The molecule has 0 radical (unpaired) electrons. The van der Waals surface area contributed by atoms with E-state index in [2.05, 4.69) is 14.8 Å². The number of para-hydroxylation sites is 1. The Labute approximate surface area is 255 Å². The van der Waals surface area contributed by atoms with Crippen molar-refractivity contribution in [2.75, 3.05) is 50.3 Å². The average molecular weight is 637 g/mol. The third-order valence-electron chi connectivity index (χ3n) is 6.06. The molecule has 0 bridgehead atoms. The van der Waals surface area contributed by atoms with Crippen molar-refractivity contribution in [2.24, 2.45) is 11.5 Å². The molecule has 2 amide bonds. The highest BCUT2D eigenvalue weighted by Gasteiger charge is 2.29. The first-order valence-corrected chi connectivity index (χ1v) is 15.2. The van der Waals surface area contributed by atoms with Crippen LogP contribution in [0.25, 0.3) is 17.0 Å². The first-order valence-electron chi connectivity index (χ1n) is 13.6. The van der Waals surface area contributed by atoms with Gasteiger partial charge in [0.1, 0.15) is 18.1 Å². The Morgan fingerprint density at radius 3 is 2.48 bits per heavy atom. The summed E-state index contributed by atoms with van der Waals surface area (Å²) in [5, 5.41) is 19.7. The highest BCUT2D eigenvalue weighted by molar-refractivity contribution is 7.46. The number of fused-ring (bicyclic) bond motifs is 2. The number of aliphatic hydroxyl groups is 2. The maximum Gasteiger partial charge on any atom is 0.471 e. The molecule has 1 aliphatic rings. The number of anilines is 2. The molecule has 3 aromatic rings. The third kappa shape index (κ3) is 11.1. The quantitative estimate of drug-likeness (QED) is 0.130. The second-order valence-electron chi connectivity index (χ2n) is 9.66. The van der Waals surface area contributed by atoms with E-state index in [-0.39, 0.29) is 37.4 Å². The molecule has 1 atom stereocenters. The predicted octanol–water partition coefficient (Wildman–Crippen LogP) is 1.29. The maximum absolute atomic E-state index is 12.7. The summed E-state index contributed by atoms with van der Waals surface area (Å²) in [6, 6.07) is 9.16. The van der Waals surface area contributed by atoms with Crippen LogP contribution < -0.4 is 21.7 Å². The molecule has 44 heavy (non-hydrogen) atoms. The molecular formula is C28H41N6O9P. The first-order chi connectivity index (χ1) is 20.8. The zero-order valence-corrected chi connectivity index (χ0v) is 25.8. The van der Waals surface area contributed by atoms with Crippen LogP contribution in [0.1, 0.15) is 30.2 Å². The van der Waals surface area contributed by atoms with Crippen molar-refractivity contribution in [3.05, 3.63) is 59.5 Å². The van der Waals surface area contributed by atoms with Crippen LogP contribution in [0.2, 0.25) is 0 Å². The number of aromatic nitrogens is 1. The number of nitrogens with zero attached hydrogens (tertiary/aromatic N) is 3. The number of hydrogen-bond acceptors (Lipinski definition) is 11. The van der Waals surface area contributed by atoms with Gasteiger partial charge in [-0.25, -0.2) is 9.55 Å². The fraction of sp³-hybridized carbons (Fsp3) is 0.393. The van der Waals surface area contributed by atoms with Gasteiger partial charge in [0, 0.05) is 55.8 Å². The van der Waals surface area contributed by atoms with E-state index in [1.807, 2.05) is 31.2 Å². The number of furan rings is 1. The van der Waals surface area contributed by atoms with Gasteiger partial charge in [-0.3, -0.25) is 19.0 Å². The number of nitrogens with two attached hydrogens (primary N) is 2. The number of nitrogens with one attached hydrogen (secondary N) is 1. The van der Waals surface area contributed by atoms with Gasteiger partial charge in [0.2, 0.25) is 11.8 Å². The van der Waals surface area contributed by atoms with Crippen LogP contribution in [0, 0.1) is 6.92 Å². The maximum atomic E-state index is 12.7.